The van der Waals surface area contributed by atoms with Crippen LogP contribution in [0.1, 0.15) is 104 Å². The van der Waals surface area contributed by atoms with Crippen molar-refractivity contribution >= 4 is 29.8 Å². The molecule has 0 N–H and O–H groups in total. The molecule has 1 saturated heterocycles. The van der Waals surface area contributed by atoms with E-state index in [1.807, 2.05) is 13.0 Å². The Morgan fingerprint density at radius 2 is 1.22 bits per heavy atom. The third kappa shape index (κ3) is 12.4. The Labute approximate surface area is 338 Å². The number of benzene rings is 2. The minimum absolute atomic E-state index is 0.0802. The second-order valence-corrected chi connectivity index (χ2v) is 13.9. The first-order chi connectivity index (χ1) is 27.8. The van der Waals surface area contributed by atoms with Gasteiger partial charge in [0, 0.05) is 57.4 Å². The number of hydrogen-bond acceptors (Lipinski definition) is 16. The highest BCUT2D eigenvalue weighted by atomic mass is 16.7. The summed E-state index contributed by atoms with van der Waals surface area (Å²) >= 11 is 0. The van der Waals surface area contributed by atoms with Crippen molar-refractivity contribution in [2.24, 2.45) is 0 Å². The van der Waals surface area contributed by atoms with Gasteiger partial charge >= 0.3 is 29.8 Å². The maximum absolute atomic E-state index is 13.0. The fourth-order valence-corrected chi connectivity index (χ4v) is 6.43. The van der Waals surface area contributed by atoms with Gasteiger partial charge in [0.25, 0.3) is 0 Å². The quantitative estimate of drug-likeness (QED) is 0.0872. The number of carbonyl (C=O) groups excluding carboxylic acids is 5. The molecule has 7 atom stereocenters. The van der Waals surface area contributed by atoms with Crippen molar-refractivity contribution in [1.82, 2.24) is 0 Å². The first kappa shape index (κ1) is 45.5. The van der Waals surface area contributed by atoms with Gasteiger partial charge in [0.2, 0.25) is 12.4 Å². The normalized spacial score (nSPS) is 22.2. The fourth-order valence-electron chi connectivity index (χ4n) is 6.43. The molecule has 2 unspecified atom stereocenters. The van der Waals surface area contributed by atoms with E-state index in [-0.39, 0.29) is 24.5 Å². The maximum Gasteiger partial charge on any atom is 0.339 e. The lowest BCUT2D eigenvalue weighted by Crippen LogP contribution is -2.64. The molecule has 2 aliphatic rings. The summed E-state index contributed by atoms with van der Waals surface area (Å²) in [5.74, 6) is -1.99. The van der Waals surface area contributed by atoms with Crippen molar-refractivity contribution < 1.29 is 76.1 Å². The zero-order chi connectivity index (χ0) is 42.4. The zero-order valence-electron chi connectivity index (χ0n) is 34.5. The van der Waals surface area contributed by atoms with Gasteiger partial charge in [-0.15, -0.1) is 0 Å². The van der Waals surface area contributed by atoms with E-state index in [1.165, 1.54) is 6.92 Å². The van der Waals surface area contributed by atoms with Crippen LogP contribution in [0, 0.1) is 0 Å². The van der Waals surface area contributed by atoms with E-state index in [4.69, 9.17) is 52.1 Å². The first-order valence-corrected chi connectivity index (χ1v) is 19.7. The van der Waals surface area contributed by atoms with Gasteiger partial charge in [-0.25, -0.2) is 4.79 Å². The van der Waals surface area contributed by atoms with Crippen molar-refractivity contribution in [3.05, 3.63) is 41.5 Å². The number of methoxy groups -OCH3 is 1. The van der Waals surface area contributed by atoms with Crippen LogP contribution < -0.4 is 23.7 Å². The standard InChI is InChI=1S/C42H56O16/c1-9-12-17-49-29-21-32(50-18-13-10-2)30-23-35(52-24(4)43)36(56-33(30)22-29)28-15-16-31(34(20-28)51-19-14-11-3)57-42-40(55-27(7)46)38(54-26(6)45)37(53-25(5)44)39(58-42)41(47)48-8/h15-16,20-22,35-40,42H,9-14,17-19,23H2,1-8H3/t35-,36+,37-,38?,39?,40-,42+/m0/s1. The van der Waals surface area contributed by atoms with Crippen molar-refractivity contribution in [3.8, 4) is 28.7 Å². The molecule has 4 rings (SSSR count). The number of ether oxygens (including phenoxy) is 11. The second kappa shape index (κ2) is 22.0. The van der Waals surface area contributed by atoms with Crippen LogP contribution in [0.15, 0.2) is 30.3 Å². The van der Waals surface area contributed by atoms with Gasteiger partial charge in [0.1, 0.15) is 23.4 Å². The second-order valence-electron chi connectivity index (χ2n) is 13.9. The summed E-state index contributed by atoms with van der Waals surface area (Å²) in [6.45, 7) is 12.0. The van der Waals surface area contributed by atoms with Crippen LogP contribution in [-0.2, 0) is 58.8 Å². The minimum Gasteiger partial charge on any atom is -0.493 e. The monoisotopic (exact) mass is 816 g/mol. The molecular formula is C42H56O16. The summed E-state index contributed by atoms with van der Waals surface area (Å²) in [4.78, 5) is 62.4. The van der Waals surface area contributed by atoms with Gasteiger partial charge in [0.05, 0.1) is 26.9 Å². The summed E-state index contributed by atoms with van der Waals surface area (Å²) < 4.78 is 64.6. The van der Waals surface area contributed by atoms with Gasteiger partial charge in [0.15, 0.2) is 35.9 Å². The van der Waals surface area contributed by atoms with Crippen molar-refractivity contribution in [1.29, 1.82) is 0 Å². The highest BCUT2D eigenvalue weighted by Gasteiger charge is 2.56. The van der Waals surface area contributed by atoms with Crippen LogP contribution in [0.2, 0.25) is 0 Å². The van der Waals surface area contributed by atoms with Crippen molar-refractivity contribution in [3.63, 3.8) is 0 Å². The molecule has 16 nitrogen and oxygen atoms in total. The number of esters is 5. The SMILES string of the molecule is CCCCOc1cc(OCCCC)c2c(c1)O[C@H](c1ccc(O[C@@H]3OC(C(=O)OC)[C@@H](OC(C)=O)C(OC(C)=O)[C@@H]3OC(C)=O)c(OCCCC)c1)[C@@H](OC(C)=O)C2. The molecule has 58 heavy (non-hydrogen) atoms. The van der Waals surface area contributed by atoms with Crippen LogP contribution >= 0.6 is 0 Å². The van der Waals surface area contributed by atoms with Crippen molar-refractivity contribution in [2.75, 3.05) is 26.9 Å². The molecule has 16 heteroatoms. The molecule has 0 radical (unpaired) electrons. The predicted octanol–water partition coefficient (Wildman–Crippen LogP) is 5.90. The Morgan fingerprint density at radius 1 is 0.655 bits per heavy atom. The molecule has 0 amide bonds. The van der Waals surface area contributed by atoms with Gasteiger partial charge in [-0.05, 0) is 31.4 Å². The smallest absolute Gasteiger partial charge is 0.339 e. The van der Waals surface area contributed by atoms with Gasteiger partial charge in [-0.3, -0.25) is 19.2 Å². The lowest BCUT2D eigenvalue weighted by atomic mass is 9.93. The summed E-state index contributed by atoms with van der Waals surface area (Å²) in [7, 11) is 1.10. The van der Waals surface area contributed by atoms with Crippen LogP contribution in [0.4, 0.5) is 0 Å². The lowest BCUT2D eigenvalue weighted by Gasteiger charge is -2.43. The van der Waals surface area contributed by atoms with E-state index >= 15 is 0 Å². The molecule has 2 aromatic carbocycles. The molecule has 0 aromatic heterocycles. The first-order valence-electron chi connectivity index (χ1n) is 19.7. The van der Waals surface area contributed by atoms with Crippen LogP contribution in [0.3, 0.4) is 0 Å². The van der Waals surface area contributed by atoms with E-state index in [0.29, 0.717) is 42.4 Å². The number of carbonyl (C=O) groups is 5. The third-order valence-corrected chi connectivity index (χ3v) is 9.11. The van der Waals surface area contributed by atoms with Crippen molar-refractivity contribution in [2.45, 2.75) is 136 Å². The number of fused-ring (bicyclic) bond motifs is 1. The molecule has 2 aromatic rings. The van der Waals surface area contributed by atoms with Crippen LogP contribution in [0.25, 0.3) is 0 Å². The molecule has 320 valence electrons. The third-order valence-electron chi connectivity index (χ3n) is 9.11. The van der Waals surface area contributed by atoms with E-state index in [2.05, 4.69) is 13.8 Å². The number of unbranched alkanes of at least 4 members (excludes halogenated alkanes) is 3. The largest absolute Gasteiger partial charge is 0.493 e. The van der Waals surface area contributed by atoms with Gasteiger partial charge < -0.3 is 52.1 Å². The van der Waals surface area contributed by atoms with Gasteiger partial charge in [-0.2, -0.15) is 0 Å². The molecule has 0 bridgehead atoms. The summed E-state index contributed by atoms with van der Waals surface area (Å²) in [6.07, 6.45) is -4.18. The fraction of sp³-hybridized carbons (Fsp3) is 0.595. The van der Waals surface area contributed by atoms with E-state index in [9.17, 15) is 24.0 Å². The minimum atomic E-state index is -1.66. The molecular weight excluding hydrogens is 760 g/mol. The summed E-state index contributed by atoms with van der Waals surface area (Å²) in [5.41, 5.74) is 1.30. The molecule has 2 heterocycles. The summed E-state index contributed by atoms with van der Waals surface area (Å²) in [6, 6.07) is 8.56. The molecule has 1 fully saturated rings. The molecule has 2 aliphatic heterocycles. The Bertz CT molecular complexity index is 1720. The Balaban J connectivity index is 1.78. The van der Waals surface area contributed by atoms with E-state index < -0.39 is 72.8 Å². The average Bonchev–Trinajstić information content (AvgIpc) is 3.16. The number of rotatable bonds is 20. The highest BCUT2D eigenvalue weighted by Crippen LogP contribution is 2.45. The van der Waals surface area contributed by atoms with Crippen LogP contribution in [0.5, 0.6) is 28.7 Å². The molecule has 0 spiro atoms. The topological polar surface area (TPSA) is 187 Å². The Morgan fingerprint density at radius 3 is 1.81 bits per heavy atom. The van der Waals surface area contributed by atoms with E-state index in [1.54, 1.807) is 24.3 Å². The average molecular weight is 817 g/mol. The lowest BCUT2D eigenvalue weighted by molar-refractivity contribution is -0.282. The predicted molar refractivity (Wildman–Crippen MR) is 205 cm³/mol. The molecule has 0 aliphatic carbocycles. The van der Waals surface area contributed by atoms with Gasteiger partial charge in [-0.1, -0.05) is 46.1 Å². The molecule has 0 saturated carbocycles. The summed E-state index contributed by atoms with van der Waals surface area (Å²) in [5, 5.41) is 0. The number of hydrogen-bond donors (Lipinski definition) is 0. The Kier molecular flexibility index (Phi) is 17.3. The maximum atomic E-state index is 13.0. The van der Waals surface area contributed by atoms with Crippen LogP contribution in [-0.4, -0.2) is 93.6 Å². The zero-order valence-corrected chi connectivity index (χ0v) is 34.5. The Hall–Kier alpha value is -5.25. The highest BCUT2D eigenvalue weighted by molar-refractivity contribution is 5.77. The van der Waals surface area contributed by atoms with E-state index in [0.717, 1.165) is 65.5 Å².